The Kier molecular flexibility index (Phi) is 6.16. The number of anilines is 1. The molecule has 2 aromatic rings. The molecule has 1 N–H and O–H groups in total. The maximum Gasteiger partial charge on any atom is 0.227 e. The standard InChI is InChI=1S/C23H26ClFN2O3/c1-14-11-27(12-15(2)30-14)21-5-3-16(7-20(21)25)10-26-23(28)18-8-17-9-19(24)4-6-22(17)29-13-18/h3-7,9,14-15,18H,8,10-13H2,1-2H3,(H,26,28). The summed E-state index contributed by atoms with van der Waals surface area (Å²) >= 11 is 6.04. The van der Waals surface area contributed by atoms with Crippen LogP contribution in [0.2, 0.25) is 5.02 Å². The molecule has 0 radical (unpaired) electrons. The summed E-state index contributed by atoms with van der Waals surface area (Å²) < 4.78 is 26.2. The third-order valence-electron chi connectivity index (χ3n) is 5.54. The number of nitrogens with one attached hydrogen (secondary N) is 1. The van der Waals surface area contributed by atoms with Crippen molar-refractivity contribution in [3.63, 3.8) is 0 Å². The van der Waals surface area contributed by atoms with E-state index in [2.05, 4.69) is 5.32 Å². The fourth-order valence-electron chi connectivity index (χ4n) is 4.16. The first kappa shape index (κ1) is 20.9. The number of ether oxygens (including phenoxy) is 2. The first-order valence-electron chi connectivity index (χ1n) is 10.3. The second-order valence-corrected chi connectivity index (χ2v) is 8.57. The highest BCUT2D eigenvalue weighted by Gasteiger charge is 2.27. The fourth-order valence-corrected chi connectivity index (χ4v) is 4.35. The molecular weight excluding hydrogens is 407 g/mol. The topological polar surface area (TPSA) is 50.8 Å². The van der Waals surface area contributed by atoms with Gasteiger partial charge in [0.15, 0.2) is 0 Å². The first-order valence-corrected chi connectivity index (χ1v) is 10.6. The Balaban J connectivity index is 1.36. The lowest BCUT2D eigenvalue weighted by Crippen LogP contribution is -2.45. The van der Waals surface area contributed by atoms with E-state index in [1.54, 1.807) is 12.1 Å². The van der Waals surface area contributed by atoms with Crippen LogP contribution < -0.4 is 15.0 Å². The number of nitrogens with zero attached hydrogens (tertiary/aromatic N) is 1. The zero-order valence-electron chi connectivity index (χ0n) is 17.2. The zero-order chi connectivity index (χ0) is 21.3. The van der Waals surface area contributed by atoms with Gasteiger partial charge >= 0.3 is 0 Å². The van der Waals surface area contributed by atoms with Crippen LogP contribution in [0.4, 0.5) is 10.1 Å². The van der Waals surface area contributed by atoms with Crippen molar-refractivity contribution < 1.29 is 18.7 Å². The molecule has 4 rings (SSSR count). The Bertz CT molecular complexity index is 929. The molecule has 3 unspecified atom stereocenters. The number of halogens is 2. The van der Waals surface area contributed by atoms with Gasteiger partial charge in [0.05, 0.1) is 23.8 Å². The monoisotopic (exact) mass is 432 g/mol. The first-order chi connectivity index (χ1) is 14.4. The van der Waals surface area contributed by atoms with Crippen LogP contribution in [0.3, 0.4) is 0 Å². The van der Waals surface area contributed by atoms with Gasteiger partial charge in [0, 0.05) is 24.7 Å². The fraction of sp³-hybridized carbons (Fsp3) is 0.435. The van der Waals surface area contributed by atoms with E-state index < -0.39 is 0 Å². The van der Waals surface area contributed by atoms with Gasteiger partial charge in [-0.25, -0.2) is 4.39 Å². The van der Waals surface area contributed by atoms with Crippen LogP contribution in [0.25, 0.3) is 0 Å². The zero-order valence-corrected chi connectivity index (χ0v) is 17.9. The number of fused-ring (bicyclic) bond motifs is 1. The van der Waals surface area contributed by atoms with Crippen molar-refractivity contribution in [2.75, 3.05) is 24.6 Å². The second-order valence-electron chi connectivity index (χ2n) is 8.13. The average molecular weight is 433 g/mol. The molecule has 2 aliphatic rings. The van der Waals surface area contributed by atoms with Crippen molar-refractivity contribution in [2.45, 2.75) is 39.0 Å². The largest absolute Gasteiger partial charge is 0.492 e. The average Bonchev–Trinajstić information content (AvgIpc) is 2.70. The van der Waals surface area contributed by atoms with Crippen molar-refractivity contribution in [3.8, 4) is 5.75 Å². The van der Waals surface area contributed by atoms with E-state index in [1.807, 2.05) is 36.9 Å². The van der Waals surface area contributed by atoms with Gasteiger partial charge in [-0.15, -0.1) is 0 Å². The van der Waals surface area contributed by atoms with Gasteiger partial charge in [-0.2, -0.15) is 0 Å². The van der Waals surface area contributed by atoms with Crippen LogP contribution in [-0.4, -0.2) is 37.8 Å². The van der Waals surface area contributed by atoms with E-state index in [1.165, 1.54) is 6.07 Å². The quantitative estimate of drug-likeness (QED) is 0.794. The molecule has 7 heteroatoms. The molecule has 0 saturated carbocycles. The summed E-state index contributed by atoms with van der Waals surface area (Å²) in [6, 6.07) is 10.6. The SMILES string of the molecule is CC1CN(c2ccc(CNC(=O)C3COc4ccc(Cl)cc4C3)cc2F)CC(C)O1. The smallest absolute Gasteiger partial charge is 0.227 e. The number of hydrogen-bond acceptors (Lipinski definition) is 4. The molecule has 0 bridgehead atoms. The van der Waals surface area contributed by atoms with E-state index in [9.17, 15) is 9.18 Å². The number of benzene rings is 2. The predicted molar refractivity (Wildman–Crippen MR) is 115 cm³/mol. The van der Waals surface area contributed by atoms with Crippen LogP contribution in [0.15, 0.2) is 36.4 Å². The highest BCUT2D eigenvalue weighted by molar-refractivity contribution is 6.30. The molecule has 2 aliphatic heterocycles. The van der Waals surface area contributed by atoms with Crippen LogP contribution in [0, 0.1) is 11.7 Å². The van der Waals surface area contributed by atoms with E-state index in [0.29, 0.717) is 36.8 Å². The molecule has 1 fully saturated rings. The molecular formula is C23H26ClFN2O3. The molecule has 3 atom stereocenters. The molecule has 0 aromatic heterocycles. The summed E-state index contributed by atoms with van der Waals surface area (Å²) in [5.41, 5.74) is 2.22. The number of morpholine rings is 1. The summed E-state index contributed by atoms with van der Waals surface area (Å²) in [5.74, 6) is 0.0813. The molecule has 1 saturated heterocycles. The summed E-state index contributed by atoms with van der Waals surface area (Å²) in [6.07, 6.45) is 0.692. The minimum Gasteiger partial charge on any atom is -0.492 e. The van der Waals surface area contributed by atoms with Gasteiger partial charge in [-0.05, 0) is 61.7 Å². The van der Waals surface area contributed by atoms with Gasteiger partial charge in [0.25, 0.3) is 0 Å². The lowest BCUT2D eigenvalue weighted by atomic mass is 9.96. The Morgan fingerprint density at radius 3 is 2.70 bits per heavy atom. The van der Waals surface area contributed by atoms with Gasteiger partial charge < -0.3 is 19.7 Å². The van der Waals surface area contributed by atoms with E-state index in [0.717, 1.165) is 16.9 Å². The maximum absolute atomic E-state index is 14.7. The number of hydrogen-bond donors (Lipinski definition) is 1. The Morgan fingerprint density at radius 1 is 1.20 bits per heavy atom. The number of carbonyl (C=O) groups excluding carboxylic acids is 1. The van der Waals surface area contributed by atoms with Gasteiger partial charge in [0.1, 0.15) is 18.2 Å². The minimum absolute atomic E-state index is 0.0600. The third-order valence-corrected chi connectivity index (χ3v) is 5.77. The molecule has 1 amide bonds. The molecule has 0 spiro atoms. The minimum atomic E-state index is -0.295. The normalized spacial score (nSPS) is 23.5. The van der Waals surface area contributed by atoms with Crippen molar-refractivity contribution in [1.29, 1.82) is 0 Å². The lowest BCUT2D eigenvalue weighted by Gasteiger charge is -2.37. The maximum atomic E-state index is 14.7. The summed E-state index contributed by atoms with van der Waals surface area (Å²) in [5, 5.41) is 3.53. The third kappa shape index (κ3) is 4.71. The number of carbonyl (C=O) groups is 1. The Morgan fingerprint density at radius 2 is 1.97 bits per heavy atom. The van der Waals surface area contributed by atoms with Crippen LogP contribution in [0.1, 0.15) is 25.0 Å². The van der Waals surface area contributed by atoms with Gasteiger partial charge in [0.2, 0.25) is 5.91 Å². The van der Waals surface area contributed by atoms with Crippen molar-refractivity contribution >= 4 is 23.2 Å². The van der Waals surface area contributed by atoms with Gasteiger partial charge in [-0.3, -0.25) is 4.79 Å². The molecule has 160 valence electrons. The lowest BCUT2D eigenvalue weighted by molar-refractivity contribution is -0.126. The summed E-state index contributed by atoms with van der Waals surface area (Å²) in [4.78, 5) is 14.6. The van der Waals surface area contributed by atoms with Crippen LogP contribution >= 0.6 is 11.6 Å². The molecule has 0 aliphatic carbocycles. The molecule has 2 heterocycles. The van der Waals surface area contributed by atoms with Gasteiger partial charge in [-0.1, -0.05) is 17.7 Å². The van der Waals surface area contributed by atoms with Crippen LogP contribution in [0.5, 0.6) is 5.75 Å². The number of amides is 1. The predicted octanol–water partition coefficient (Wildman–Crippen LogP) is 3.96. The molecule has 30 heavy (non-hydrogen) atoms. The highest BCUT2D eigenvalue weighted by atomic mass is 35.5. The Hall–Kier alpha value is -2.31. The molecule has 5 nitrogen and oxygen atoms in total. The van der Waals surface area contributed by atoms with Crippen LogP contribution in [-0.2, 0) is 22.5 Å². The van der Waals surface area contributed by atoms with E-state index in [-0.39, 0.29) is 36.4 Å². The van der Waals surface area contributed by atoms with Crippen molar-refractivity contribution in [1.82, 2.24) is 5.32 Å². The second kappa shape index (κ2) is 8.82. The number of rotatable bonds is 4. The Labute approximate surface area is 181 Å². The van der Waals surface area contributed by atoms with Crippen molar-refractivity contribution in [3.05, 3.63) is 58.4 Å². The van der Waals surface area contributed by atoms with E-state index in [4.69, 9.17) is 21.1 Å². The summed E-state index contributed by atoms with van der Waals surface area (Å²) in [6.45, 7) is 5.89. The highest BCUT2D eigenvalue weighted by Crippen LogP contribution is 2.30. The summed E-state index contributed by atoms with van der Waals surface area (Å²) in [7, 11) is 0. The van der Waals surface area contributed by atoms with E-state index >= 15 is 0 Å². The van der Waals surface area contributed by atoms with Crippen molar-refractivity contribution in [2.24, 2.45) is 5.92 Å². The molecule has 2 aromatic carbocycles.